The molecule has 4 heteroatoms. The first-order valence-corrected chi connectivity index (χ1v) is 5.52. The van der Waals surface area contributed by atoms with Crippen molar-refractivity contribution >= 4 is 55.1 Å². The number of rotatable bonds is 1. The molecule has 0 fully saturated rings. The zero-order chi connectivity index (χ0) is 8.43. The highest BCUT2D eigenvalue weighted by molar-refractivity contribution is 9.10. The van der Waals surface area contributed by atoms with Crippen molar-refractivity contribution in [3.8, 4) is 0 Å². The van der Waals surface area contributed by atoms with Gasteiger partial charge in [-0.3, -0.25) is 0 Å². The first kappa shape index (κ1) is 9.85. The van der Waals surface area contributed by atoms with E-state index in [1.54, 1.807) is 0 Å². The molecular weight excluding hydrogens is 315 g/mol. The van der Waals surface area contributed by atoms with Gasteiger partial charge in [0, 0.05) is 9.80 Å². The molecule has 60 valence electrons. The van der Waals surface area contributed by atoms with Crippen LogP contribution in [0.15, 0.2) is 16.6 Å². The Bertz CT molecular complexity index is 273. The average Bonchev–Trinajstić information content (AvgIpc) is 2.01. The second kappa shape index (κ2) is 4.13. The monoisotopic (exact) mass is 316 g/mol. The van der Waals surface area contributed by atoms with Gasteiger partial charge in [-0.25, -0.2) is 0 Å². The Labute approximate surface area is 92.1 Å². The summed E-state index contributed by atoms with van der Waals surface area (Å²) in [6, 6.07) is 3.80. The first-order chi connectivity index (χ1) is 5.16. The van der Waals surface area contributed by atoms with Gasteiger partial charge in [0.25, 0.3) is 0 Å². The van der Waals surface area contributed by atoms with Crippen molar-refractivity contribution in [1.29, 1.82) is 0 Å². The molecule has 0 aliphatic heterocycles. The van der Waals surface area contributed by atoms with Crippen molar-refractivity contribution in [2.75, 3.05) is 0 Å². The summed E-state index contributed by atoms with van der Waals surface area (Å²) in [6.07, 6.45) is 0. The molecule has 0 saturated carbocycles. The second-order valence-electron chi connectivity index (χ2n) is 1.97. The highest BCUT2D eigenvalue weighted by atomic mass is 79.9. The lowest BCUT2D eigenvalue weighted by Gasteiger charge is -2.02. The van der Waals surface area contributed by atoms with E-state index in [1.807, 2.05) is 12.1 Å². The number of alkyl halides is 1. The minimum Gasteiger partial charge on any atom is -0.0876 e. The zero-order valence-electron chi connectivity index (χ0n) is 5.37. The van der Waals surface area contributed by atoms with Gasteiger partial charge in [-0.2, -0.15) is 0 Å². The Balaban J connectivity index is 3.25. The molecule has 0 unspecified atom stereocenters. The minimum absolute atomic E-state index is 0.573. The maximum Gasteiger partial charge on any atom is 0.0737 e. The molecule has 1 aromatic rings. The molecule has 0 nitrogen and oxygen atoms in total. The van der Waals surface area contributed by atoms with E-state index in [1.165, 1.54) is 0 Å². The van der Waals surface area contributed by atoms with Crippen LogP contribution in [-0.2, 0) is 5.33 Å². The van der Waals surface area contributed by atoms with Gasteiger partial charge < -0.3 is 0 Å². The van der Waals surface area contributed by atoms with Crippen molar-refractivity contribution in [3.63, 3.8) is 0 Å². The Morgan fingerprint density at radius 1 is 1.18 bits per heavy atom. The van der Waals surface area contributed by atoms with Gasteiger partial charge in [-0.1, -0.05) is 45.2 Å². The molecule has 1 rings (SSSR count). The molecule has 0 heterocycles. The highest BCUT2D eigenvalue weighted by Crippen LogP contribution is 2.33. The van der Waals surface area contributed by atoms with Crippen molar-refractivity contribution in [2.45, 2.75) is 5.33 Å². The summed E-state index contributed by atoms with van der Waals surface area (Å²) < 4.78 is 0.828. The summed E-state index contributed by atoms with van der Waals surface area (Å²) in [4.78, 5) is 0. The van der Waals surface area contributed by atoms with E-state index in [2.05, 4.69) is 31.9 Å². The Kier molecular flexibility index (Phi) is 3.69. The minimum atomic E-state index is 0.573. The third-order valence-electron chi connectivity index (χ3n) is 1.26. The Hall–Kier alpha value is 0.760. The molecule has 0 radical (unpaired) electrons. The van der Waals surface area contributed by atoms with Gasteiger partial charge >= 0.3 is 0 Å². The SMILES string of the molecule is Clc1c(Br)ccc(CBr)c1Cl. The third kappa shape index (κ3) is 2.11. The van der Waals surface area contributed by atoms with E-state index in [0.29, 0.717) is 10.0 Å². The van der Waals surface area contributed by atoms with E-state index in [9.17, 15) is 0 Å². The van der Waals surface area contributed by atoms with Gasteiger partial charge in [0.2, 0.25) is 0 Å². The molecule has 0 N–H and O–H groups in total. The van der Waals surface area contributed by atoms with Crippen molar-refractivity contribution in [1.82, 2.24) is 0 Å². The standard InChI is InChI=1S/C7H4Br2Cl2/c8-3-4-1-2-5(9)7(11)6(4)10/h1-2H,3H2. The highest BCUT2D eigenvalue weighted by Gasteiger charge is 2.06. The Morgan fingerprint density at radius 3 is 2.36 bits per heavy atom. The predicted octanol–water partition coefficient (Wildman–Crippen LogP) is 4.65. The Morgan fingerprint density at radius 2 is 1.82 bits per heavy atom. The molecule has 0 aliphatic carbocycles. The smallest absolute Gasteiger partial charge is 0.0737 e. The fourth-order valence-corrected chi connectivity index (χ4v) is 2.16. The maximum atomic E-state index is 5.91. The lowest BCUT2D eigenvalue weighted by Crippen LogP contribution is -1.81. The second-order valence-corrected chi connectivity index (χ2v) is 4.14. The van der Waals surface area contributed by atoms with Crippen molar-refractivity contribution in [3.05, 3.63) is 32.2 Å². The molecule has 0 spiro atoms. The van der Waals surface area contributed by atoms with Gasteiger partial charge in [0.05, 0.1) is 10.0 Å². The van der Waals surface area contributed by atoms with Crippen LogP contribution in [-0.4, -0.2) is 0 Å². The van der Waals surface area contributed by atoms with Crippen molar-refractivity contribution < 1.29 is 0 Å². The van der Waals surface area contributed by atoms with E-state index in [-0.39, 0.29) is 0 Å². The number of halogens is 4. The van der Waals surface area contributed by atoms with E-state index < -0.39 is 0 Å². The topological polar surface area (TPSA) is 0 Å². The molecule has 1 aromatic carbocycles. The van der Waals surface area contributed by atoms with E-state index in [0.717, 1.165) is 15.4 Å². The van der Waals surface area contributed by atoms with Crippen molar-refractivity contribution in [2.24, 2.45) is 0 Å². The fraction of sp³-hybridized carbons (Fsp3) is 0.143. The average molecular weight is 319 g/mol. The largest absolute Gasteiger partial charge is 0.0876 e. The van der Waals surface area contributed by atoms with E-state index >= 15 is 0 Å². The number of hydrogen-bond acceptors (Lipinski definition) is 0. The van der Waals surface area contributed by atoms with Crippen LogP contribution in [0.2, 0.25) is 10.0 Å². The summed E-state index contributed by atoms with van der Waals surface area (Å²) in [5.41, 5.74) is 1.000. The molecule has 0 atom stereocenters. The molecule has 0 aliphatic rings. The summed E-state index contributed by atoms with van der Waals surface area (Å²) in [5, 5.41) is 1.90. The lowest BCUT2D eigenvalue weighted by molar-refractivity contribution is 1.42. The quantitative estimate of drug-likeness (QED) is 0.522. The normalized spacial score (nSPS) is 10.2. The molecule has 11 heavy (non-hydrogen) atoms. The van der Waals surface area contributed by atoms with Gasteiger partial charge in [-0.05, 0) is 27.6 Å². The molecular formula is C7H4Br2Cl2. The summed E-state index contributed by atoms with van der Waals surface area (Å²) >= 11 is 18.4. The van der Waals surface area contributed by atoms with Crippen LogP contribution < -0.4 is 0 Å². The zero-order valence-corrected chi connectivity index (χ0v) is 10.1. The molecule has 0 aromatic heterocycles. The number of benzene rings is 1. The summed E-state index contributed by atoms with van der Waals surface area (Å²) in [7, 11) is 0. The molecule has 0 bridgehead atoms. The van der Waals surface area contributed by atoms with Crippen LogP contribution in [0.4, 0.5) is 0 Å². The molecule has 0 amide bonds. The van der Waals surface area contributed by atoms with Crippen LogP contribution in [0.25, 0.3) is 0 Å². The fourth-order valence-electron chi connectivity index (χ4n) is 0.669. The number of hydrogen-bond donors (Lipinski definition) is 0. The van der Waals surface area contributed by atoms with Crippen LogP contribution >= 0.6 is 55.1 Å². The van der Waals surface area contributed by atoms with Gasteiger partial charge in [0.1, 0.15) is 0 Å². The third-order valence-corrected chi connectivity index (χ3v) is 3.67. The lowest BCUT2D eigenvalue weighted by atomic mass is 10.2. The van der Waals surface area contributed by atoms with Crippen LogP contribution in [0.3, 0.4) is 0 Å². The maximum absolute atomic E-state index is 5.91. The van der Waals surface area contributed by atoms with Crippen LogP contribution in [0.5, 0.6) is 0 Å². The van der Waals surface area contributed by atoms with Gasteiger partial charge in [-0.15, -0.1) is 0 Å². The summed E-state index contributed by atoms with van der Waals surface area (Å²) in [5.74, 6) is 0. The van der Waals surface area contributed by atoms with Crippen LogP contribution in [0.1, 0.15) is 5.56 Å². The van der Waals surface area contributed by atoms with Crippen LogP contribution in [0, 0.1) is 0 Å². The van der Waals surface area contributed by atoms with E-state index in [4.69, 9.17) is 23.2 Å². The first-order valence-electron chi connectivity index (χ1n) is 2.85. The summed E-state index contributed by atoms with van der Waals surface area (Å²) in [6.45, 7) is 0. The molecule has 0 saturated heterocycles. The van der Waals surface area contributed by atoms with Gasteiger partial charge in [0.15, 0.2) is 0 Å². The predicted molar refractivity (Wildman–Crippen MR) is 56.8 cm³/mol.